The van der Waals surface area contributed by atoms with E-state index < -0.39 is 0 Å². The molecule has 1 heterocycles. The molecule has 0 atom stereocenters. The van der Waals surface area contributed by atoms with Crippen LogP contribution < -0.4 is 5.32 Å². The predicted octanol–water partition coefficient (Wildman–Crippen LogP) is 2.39. The van der Waals surface area contributed by atoms with Crippen LogP contribution >= 0.6 is 0 Å². The minimum absolute atomic E-state index is 0. The van der Waals surface area contributed by atoms with Crippen molar-refractivity contribution in [3.63, 3.8) is 0 Å². The fourth-order valence-electron chi connectivity index (χ4n) is 3.00. The smallest absolute Gasteiger partial charge is 0.0280 e. The molecule has 0 aromatic heterocycles. The molecule has 1 fully saturated rings. The zero-order chi connectivity index (χ0) is 11.7. The SMILES string of the molecule is O=C1c2ccccc2C[C-]1CC1CCNCC1.[Y]. The number of benzene rings is 1. The molecule has 1 saturated heterocycles. The molecule has 0 unspecified atom stereocenters. The Morgan fingerprint density at radius 3 is 2.67 bits per heavy atom. The van der Waals surface area contributed by atoms with Gasteiger partial charge in [0.25, 0.3) is 0 Å². The van der Waals surface area contributed by atoms with Gasteiger partial charge in [-0.05, 0) is 25.9 Å². The first kappa shape index (κ1) is 14.2. The summed E-state index contributed by atoms with van der Waals surface area (Å²) in [6.45, 7) is 2.22. The molecule has 1 N–H and O–H groups in total. The molecule has 0 spiro atoms. The number of hydrogen-bond donors (Lipinski definition) is 1. The predicted molar refractivity (Wildman–Crippen MR) is 67.9 cm³/mol. The summed E-state index contributed by atoms with van der Waals surface area (Å²) in [5.41, 5.74) is 2.16. The summed E-state index contributed by atoms with van der Waals surface area (Å²) >= 11 is 0. The summed E-state index contributed by atoms with van der Waals surface area (Å²) in [6.07, 6.45) is 4.33. The van der Waals surface area contributed by atoms with Crippen LogP contribution in [-0.2, 0) is 39.1 Å². The fraction of sp³-hybridized carbons (Fsp3) is 0.467. The second-order valence-electron chi connectivity index (χ2n) is 5.16. The summed E-state index contributed by atoms with van der Waals surface area (Å²) < 4.78 is 0. The van der Waals surface area contributed by atoms with Gasteiger partial charge in [-0.25, -0.2) is 0 Å². The number of nitrogens with one attached hydrogen (secondary N) is 1. The van der Waals surface area contributed by atoms with E-state index in [2.05, 4.69) is 11.4 Å². The zero-order valence-corrected chi connectivity index (χ0v) is 13.5. The summed E-state index contributed by atoms with van der Waals surface area (Å²) in [5, 5.41) is 3.37. The molecule has 3 rings (SSSR count). The molecule has 1 aromatic carbocycles. The fourth-order valence-corrected chi connectivity index (χ4v) is 3.00. The molecule has 93 valence electrons. The van der Waals surface area contributed by atoms with Crippen molar-refractivity contribution in [1.82, 2.24) is 5.32 Å². The van der Waals surface area contributed by atoms with E-state index in [0.717, 1.165) is 37.4 Å². The quantitative estimate of drug-likeness (QED) is 0.849. The van der Waals surface area contributed by atoms with Crippen molar-refractivity contribution in [3.05, 3.63) is 41.3 Å². The molecule has 1 aliphatic heterocycles. The molecule has 0 saturated carbocycles. The van der Waals surface area contributed by atoms with Gasteiger partial charge >= 0.3 is 0 Å². The van der Waals surface area contributed by atoms with Gasteiger partial charge in [0.15, 0.2) is 0 Å². The molecule has 1 aliphatic carbocycles. The average Bonchev–Trinajstić information content (AvgIpc) is 2.68. The second-order valence-corrected chi connectivity index (χ2v) is 5.16. The number of rotatable bonds is 2. The normalized spacial score (nSPS) is 19.6. The van der Waals surface area contributed by atoms with Gasteiger partial charge in [0.05, 0.1) is 0 Å². The Hall–Kier alpha value is -0.176. The maximum absolute atomic E-state index is 12.2. The average molecular weight is 317 g/mol. The van der Waals surface area contributed by atoms with E-state index >= 15 is 0 Å². The van der Waals surface area contributed by atoms with Crippen LogP contribution in [-0.4, -0.2) is 18.9 Å². The molecule has 1 aromatic rings. The molecule has 2 aliphatic rings. The number of hydrogen-bond acceptors (Lipinski definition) is 2. The van der Waals surface area contributed by atoms with Gasteiger partial charge in [0.2, 0.25) is 0 Å². The first-order chi connectivity index (χ1) is 8.34. The largest absolute Gasteiger partial charge is 0.331 e. The van der Waals surface area contributed by atoms with Crippen molar-refractivity contribution in [1.29, 1.82) is 0 Å². The number of Topliss-reactive ketones (excluding diaryl/α,β-unsaturated/α-hetero) is 1. The van der Waals surface area contributed by atoms with E-state index in [1.165, 1.54) is 18.4 Å². The van der Waals surface area contributed by atoms with Crippen LogP contribution in [0, 0.1) is 11.8 Å². The van der Waals surface area contributed by atoms with Gasteiger partial charge in [-0.1, -0.05) is 37.0 Å². The van der Waals surface area contributed by atoms with Crippen LogP contribution in [0.4, 0.5) is 0 Å². The first-order valence-electron chi connectivity index (χ1n) is 6.52. The van der Waals surface area contributed by atoms with Crippen LogP contribution in [0.2, 0.25) is 0 Å². The van der Waals surface area contributed by atoms with Crippen molar-refractivity contribution < 1.29 is 37.5 Å². The standard InChI is InChI=1S/C15H18NO.Y/c17-15-13(9-11-5-7-16-8-6-11)10-12-3-1-2-4-14(12)15;/h1-4,11,16H,5-10H2;/q-1;. The number of ketones is 1. The van der Waals surface area contributed by atoms with Gasteiger partial charge in [0.1, 0.15) is 0 Å². The molecule has 1 radical (unpaired) electrons. The zero-order valence-electron chi connectivity index (χ0n) is 10.6. The van der Waals surface area contributed by atoms with Gasteiger partial charge in [-0.2, -0.15) is 5.92 Å². The summed E-state index contributed by atoms with van der Waals surface area (Å²) in [5.74, 6) is 2.15. The van der Waals surface area contributed by atoms with E-state index in [1.807, 2.05) is 18.2 Å². The monoisotopic (exact) mass is 317 g/mol. The maximum Gasteiger partial charge on any atom is 0.0280 e. The Bertz CT molecular complexity index is 426. The number of fused-ring (bicyclic) bond motifs is 1. The molecule has 0 bridgehead atoms. The minimum Gasteiger partial charge on any atom is -0.331 e. The second kappa shape index (κ2) is 6.32. The van der Waals surface area contributed by atoms with E-state index in [4.69, 9.17) is 0 Å². The van der Waals surface area contributed by atoms with E-state index in [-0.39, 0.29) is 32.7 Å². The topological polar surface area (TPSA) is 29.1 Å². The van der Waals surface area contributed by atoms with Gasteiger partial charge in [-0.15, -0.1) is 17.2 Å². The molecule has 3 heteroatoms. The number of carbonyl (C=O) groups is 1. The Morgan fingerprint density at radius 2 is 1.94 bits per heavy atom. The van der Waals surface area contributed by atoms with Crippen LogP contribution in [0.1, 0.15) is 35.2 Å². The van der Waals surface area contributed by atoms with Crippen molar-refractivity contribution in [2.45, 2.75) is 25.7 Å². The maximum atomic E-state index is 12.2. The molecule has 18 heavy (non-hydrogen) atoms. The summed E-state index contributed by atoms with van der Waals surface area (Å²) in [6, 6.07) is 8.04. The van der Waals surface area contributed by atoms with Crippen molar-refractivity contribution >= 4 is 5.78 Å². The van der Waals surface area contributed by atoms with Crippen LogP contribution in [0.25, 0.3) is 0 Å². The first-order valence-corrected chi connectivity index (χ1v) is 6.52. The Morgan fingerprint density at radius 1 is 1.22 bits per heavy atom. The third-order valence-corrected chi connectivity index (χ3v) is 3.98. The number of carbonyl (C=O) groups excluding carboxylic acids is 1. The molecule has 2 nitrogen and oxygen atoms in total. The van der Waals surface area contributed by atoms with Crippen molar-refractivity contribution in [2.75, 3.05) is 13.1 Å². The molecular weight excluding hydrogens is 299 g/mol. The van der Waals surface area contributed by atoms with Crippen molar-refractivity contribution in [2.24, 2.45) is 5.92 Å². The van der Waals surface area contributed by atoms with Gasteiger partial charge < -0.3 is 10.1 Å². The van der Waals surface area contributed by atoms with E-state index in [1.54, 1.807) is 0 Å². The van der Waals surface area contributed by atoms with Crippen LogP contribution in [0.15, 0.2) is 24.3 Å². The van der Waals surface area contributed by atoms with Gasteiger partial charge in [-0.3, -0.25) is 0 Å². The summed E-state index contributed by atoms with van der Waals surface area (Å²) in [4.78, 5) is 12.2. The van der Waals surface area contributed by atoms with Crippen LogP contribution in [0.5, 0.6) is 0 Å². The summed E-state index contributed by atoms with van der Waals surface area (Å²) in [7, 11) is 0. The number of piperidine rings is 1. The van der Waals surface area contributed by atoms with Crippen LogP contribution in [0.3, 0.4) is 0 Å². The molecule has 0 amide bonds. The third kappa shape index (κ3) is 2.87. The third-order valence-electron chi connectivity index (χ3n) is 3.98. The Balaban J connectivity index is 0.00000120. The van der Waals surface area contributed by atoms with E-state index in [9.17, 15) is 4.79 Å². The van der Waals surface area contributed by atoms with Crippen molar-refractivity contribution in [3.8, 4) is 0 Å². The van der Waals surface area contributed by atoms with Gasteiger partial charge in [0, 0.05) is 38.5 Å². The van der Waals surface area contributed by atoms with E-state index in [0.29, 0.717) is 11.7 Å². The Labute approximate surface area is 134 Å². The molecular formula is C15H18NOY-. The minimum atomic E-state index is 0. The Kier molecular flexibility index (Phi) is 5.00.